The van der Waals surface area contributed by atoms with Crippen molar-refractivity contribution >= 4 is 39.9 Å². The van der Waals surface area contributed by atoms with Gasteiger partial charge in [-0.25, -0.2) is 0 Å². The Balaban J connectivity index is 3.66. The Labute approximate surface area is 103 Å². The summed E-state index contributed by atoms with van der Waals surface area (Å²) in [4.78, 5) is 0. The predicted molar refractivity (Wildman–Crippen MR) is 83.9 cm³/mol. The molecule has 0 saturated carbocycles. The maximum atomic E-state index is 2.30. The van der Waals surface area contributed by atoms with Crippen LogP contribution in [-0.4, -0.2) is 23.5 Å². The molecule has 0 fully saturated rings. The first-order valence-electron chi connectivity index (χ1n) is 6.39. The highest BCUT2D eigenvalue weighted by atomic mass is 14.2. The summed E-state index contributed by atoms with van der Waals surface area (Å²) < 4.78 is 0. The van der Waals surface area contributed by atoms with Crippen LogP contribution in [-0.2, 0) is 0 Å². The zero-order chi connectivity index (χ0) is 12.6. The Hall–Kier alpha value is -0.585. The Morgan fingerprint density at radius 1 is 0.688 bits per heavy atom. The van der Waals surface area contributed by atoms with E-state index in [2.05, 4.69) is 58.2 Å². The lowest BCUT2D eigenvalue weighted by Gasteiger charge is -2.25. The van der Waals surface area contributed by atoms with Gasteiger partial charge >= 0.3 is 0 Å². The normalized spacial score (nSPS) is 11.4. The predicted octanol–water partition coefficient (Wildman–Crippen LogP) is -0.983. The number of rotatable bonds is 2. The molecule has 0 spiro atoms. The average molecular weight is 212 g/mol. The van der Waals surface area contributed by atoms with Gasteiger partial charge in [-0.05, 0) is 24.3 Å². The van der Waals surface area contributed by atoms with Crippen LogP contribution in [0.3, 0.4) is 0 Å². The molecule has 0 aliphatic rings. The van der Waals surface area contributed by atoms with Crippen LogP contribution >= 0.6 is 0 Å². The molecule has 0 bridgehead atoms. The van der Waals surface area contributed by atoms with Gasteiger partial charge in [-0.15, -0.1) is 0 Å². The van der Waals surface area contributed by atoms with Gasteiger partial charge in [-0.2, -0.15) is 0 Å². The van der Waals surface area contributed by atoms with Crippen molar-refractivity contribution in [1.29, 1.82) is 0 Å². The van der Waals surface area contributed by atoms with E-state index in [0.717, 1.165) is 0 Å². The van der Waals surface area contributed by atoms with Gasteiger partial charge in [-0.1, -0.05) is 55.2 Å². The van der Waals surface area contributed by atoms with Gasteiger partial charge in [0.1, 0.15) is 23.5 Å². The smallest absolute Gasteiger partial charge is 0.0920 e. The molecule has 0 amide bonds. The van der Waals surface area contributed by atoms with E-state index in [1.807, 2.05) is 0 Å². The van der Waals surface area contributed by atoms with Crippen molar-refractivity contribution in [1.82, 2.24) is 0 Å². The van der Waals surface area contributed by atoms with Crippen LogP contribution in [0.4, 0.5) is 0 Å². The first-order chi connectivity index (χ1) is 7.29. The third-order valence-corrected chi connectivity index (χ3v) is 3.90. The van der Waals surface area contributed by atoms with Crippen LogP contribution in [0.5, 0.6) is 0 Å². The minimum absolute atomic E-state index is 0.622. The highest BCUT2D eigenvalue weighted by Gasteiger charge is 2.17. The SMILES string of the molecule is Bc1c(B)c(C(C)C)c(B)c(C(C)C)c1C. The van der Waals surface area contributed by atoms with Gasteiger partial charge in [0.05, 0.1) is 0 Å². The molecule has 0 N–H and O–H groups in total. The molecule has 3 heteroatoms. The molecule has 1 rings (SSSR count). The molecule has 0 atom stereocenters. The lowest BCUT2D eigenvalue weighted by Crippen LogP contribution is -2.40. The van der Waals surface area contributed by atoms with Gasteiger partial charge in [0.15, 0.2) is 0 Å². The van der Waals surface area contributed by atoms with Crippen molar-refractivity contribution in [3.8, 4) is 0 Å². The van der Waals surface area contributed by atoms with Crippen molar-refractivity contribution in [3.05, 3.63) is 16.7 Å². The Bertz CT molecular complexity index is 371. The van der Waals surface area contributed by atoms with E-state index in [-0.39, 0.29) is 0 Å². The van der Waals surface area contributed by atoms with Crippen LogP contribution < -0.4 is 16.4 Å². The molecule has 0 nitrogen and oxygen atoms in total. The van der Waals surface area contributed by atoms with E-state index in [0.29, 0.717) is 11.8 Å². The van der Waals surface area contributed by atoms with Gasteiger partial charge in [0.25, 0.3) is 0 Å². The summed E-state index contributed by atoms with van der Waals surface area (Å²) in [5, 5.41) is 0. The fourth-order valence-corrected chi connectivity index (χ4v) is 3.12. The van der Waals surface area contributed by atoms with Crippen LogP contribution in [0.25, 0.3) is 0 Å². The molecule has 0 heterocycles. The molecule has 0 aliphatic carbocycles. The summed E-state index contributed by atoms with van der Waals surface area (Å²) in [6.07, 6.45) is 0. The minimum Gasteiger partial charge on any atom is -0.0920 e. The summed E-state index contributed by atoms with van der Waals surface area (Å²) in [6.45, 7) is 11.5. The molecule has 0 radical (unpaired) electrons. The molecular formula is C13H23B3. The molecule has 1 aromatic rings. The van der Waals surface area contributed by atoms with Crippen molar-refractivity contribution in [2.24, 2.45) is 0 Å². The second kappa shape index (κ2) is 4.73. The Morgan fingerprint density at radius 2 is 1.12 bits per heavy atom. The zero-order valence-corrected chi connectivity index (χ0v) is 12.2. The van der Waals surface area contributed by atoms with Crippen molar-refractivity contribution < 1.29 is 0 Å². The summed E-state index contributed by atoms with van der Waals surface area (Å²) in [5.41, 5.74) is 9.12. The lowest BCUT2D eigenvalue weighted by molar-refractivity contribution is 0.845. The topological polar surface area (TPSA) is 0 Å². The van der Waals surface area contributed by atoms with E-state index in [4.69, 9.17) is 0 Å². The fraction of sp³-hybridized carbons (Fsp3) is 0.538. The van der Waals surface area contributed by atoms with Crippen LogP contribution in [0, 0.1) is 6.92 Å². The van der Waals surface area contributed by atoms with E-state index < -0.39 is 0 Å². The first-order valence-corrected chi connectivity index (χ1v) is 6.39. The third-order valence-electron chi connectivity index (χ3n) is 3.90. The lowest BCUT2D eigenvalue weighted by atomic mass is 9.65. The number of benzene rings is 1. The van der Waals surface area contributed by atoms with Crippen molar-refractivity contribution in [2.75, 3.05) is 0 Å². The van der Waals surface area contributed by atoms with Gasteiger partial charge in [0, 0.05) is 0 Å². The molecule has 1 aromatic carbocycles. The third kappa shape index (κ3) is 2.10. The first kappa shape index (κ1) is 13.5. The summed E-state index contributed by atoms with van der Waals surface area (Å²) >= 11 is 0. The van der Waals surface area contributed by atoms with Crippen LogP contribution in [0.2, 0.25) is 0 Å². The zero-order valence-electron chi connectivity index (χ0n) is 12.2. The van der Waals surface area contributed by atoms with E-state index in [9.17, 15) is 0 Å². The number of hydrogen-bond donors (Lipinski definition) is 0. The van der Waals surface area contributed by atoms with Gasteiger partial charge in [-0.3, -0.25) is 0 Å². The summed E-state index contributed by atoms with van der Waals surface area (Å²) in [6, 6.07) is 0. The van der Waals surface area contributed by atoms with Crippen LogP contribution in [0.15, 0.2) is 0 Å². The molecule has 84 valence electrons. The van der Waals surface area contributed by atoms with Crippen molar-refractivity contribution in [2.45, 2.75) is 46.5 Å². The monoisotopic (exact) mass is 212 g/mol. The standard InChI is InChI=1S/C13H23B3/c1-6(2)9-8(5)11(14)13(16)10(7(3)4)12(9)15/h6-7H,14-16H2,1-5H3. The highest BCUT2D eigenvalue weighted by molar-refractivity contribution is 6.52. The van der Waals surface area contributed by atoms with Crippen LogP contribution in [0.1, 0.15) is 56.2 Å². The average Bonchev–Trinajstić information content (AvgIpc) is 2.13. The largest absolute Gasteiger partial charge is 0.140 e. The second-order valence-electron chi connectivity index (χ2n) is 5.64. The minimum atomic E-state index is 0.622. The summed E-state index contributed by atoms with van der Waals surface area (Å²) in [5.74, 6) is 1.24. The van der Waals surface area contributed by atoms with Gasteiger partial charge in [0.2, 0.25) is 0 Å². The Kier molecular flexibility index (Phi) is 3.99. The molecule has 0 saturated heterocycles. The maximum Gasteiger partial charge on any atom is 0.140 e. The van der Waals surface area contributed by atoms with E-state index in [1.54, 1.807) is 11.1 Å². The maximum absolute atomic E-state index is 2.30. The quantitative estimate of drug-likeness (QED) is 0.552. The molecular weight excluding hydrogens is 189 g/mol. The highest BCUT2D eigenvalue weighted by Crippen LogP contribution is 2.18. The molecule has 0 aromatic heterocycles. The molecule has 0 unspecified atom stereocenters. The van der Waals surface area contributed by atoms with Gasteiger partial charge < -0.3 is 0 Å². The van der Waals surface area contributed by atoms with Crippen molar-refractivity contribution in [3.63, 3.8) is 0 Å². The Morgan fingerprint density at radius 3 is 1.50 bits per heavy atom. The van der Waals surface area contributed by atoms with E-state index >= 15 is 0 Å². The fourth-order valence-electron chi connectivity index (χ4n) is 3.12. The summed E-state index contributed by atoms with van der Waals surface area (Å²) in [7, 11) is 6.83. The molecule has 16 heavy (non-hydrogen) atoms. The number of hydrogen-bond acceptors (Lipinski definition) is 0. The molecule has 0 aliphatic heterocycles. The van der Waals surface area contributed by atoms with E-state index in [1.165, 1.54) is 22.0 Å². The second-order valence-corrected chi connectivity index (χ2v) is 5.64.